The Bertz CT molecular complexity index is 302. The highest BCUT2D eigenvalue weighted by atomic mass is 32.1. The molecular formula is C11H18N2OS. The second-order valence-electron chi connectivity index (χ2n) is 4.80. The quantitative estimate of drug-likeness (QED) is 0.843. The Hall–Kier alpha value is -0.480. The molecule has 1 aliphatic carbocycles. The summed E-state index contributed by atoms with van der Waals surface area (Å²) in [7, 11) is 0. The molecule has 15 heavy (non-hydrogen) atoms. The van der Waals surface area contributed by atoms with Crippen molar-refractivity contribution in [3.8, 4) is 0 Å². The van der Waals surface area contributed by atoms with E-state index in [1.165, 1.54) is 18.0 Å². The van der Waals surface area contributed by atoms with Gasteiger partial charge in [-0.3, -0.25) is 0 Å². The minimum atomic E-state index is -0.404. The average molecular weight is 226 g/mol. The monoisotopic (exact) mass is 226 g/mol. The summed E-state index contributed by atoms with van der Waals surface area (Å²) in [6.45, 7) is 4.58. The molecule has 0 bridgehead atoms. The number of nitrogens with zero attached hydrogens (tertiary/aromatic N) is 2. The maximum Gasteiger partial charge on any atom is 0.104 e. The molecule has 1 fully saturated rings. The first-order valence-electron chi connectivity index (χ1n) is 5.63. The number of aliphatic hydroxyl groups is 1. The lowest BCUT2D eigenvalue weighted by Crippen LogP contribution is -2.25. The van der Waals surface area contributed by atoms with Crippen LogP contribution in [0.2, 0.25) is 0 Å². The fourth-order valence-electron chi connectivity index (χ4n) is 2.42. The number of hydrogen-bond donors (Lipinski definition) is 1. The second kappa shape index (κ2) is 4.58. The SMILES string of the molecule is CC1CCC(C(O)c2csnn2)CC1C. The standard InChI is InChI=1S/C11H18N2OS/c1-7-3-4-9(5-8(7)2)11(14)10-6-15-13-12-10/h6-9,11,14H,3-5H2,1-2H3. The van der Waals surface area contributed by atoms with Gasteiger partial charge in [-0.15, -0.1) is 5.10 Å². The van der Waals surface area contributed by atoms with Gasteiger partial charge in [0.2, 0.25) is 0 Å². The maximum atomic E-state index is 10.1. The van der Waals surface area contributed by atoms with E-state index in [2.05, 4.69) is 23.4 Å². The van der Waals surface area contributed by atoms with Crippen LogP contribution in [0.1, 0.15) is 44.9 Å². The summed E-state index contributed by atoms with van der Waals surface area (Å²) in [4.78, 5) is 0. The van der Waals surface area contributed by atoms with E-state index in [0.29, 0.717) is 11.8 Å². The highest BCUT2D eigenvalue weighted by Crippen LogP contribution is 2.39. The number of aromatic nitrogens is 2. The third-order valence-corrected chi connectivity index (χ3v) is 4.29. The molecule has 1 N–H and O–H groups in total. The van der Waals surface area contributed by atoms with Crippen LogP contribution in [0.15, 0.2) is 5.38 Å². The summed E-state index contributed by atoms with van der Waals surface area (Å²) in [5.74, 6) is 1.88. The Morgan fingerprint density at radius 1 is 1.40 bits per heavy atom. The van der Waals surface area contributed by atoms with Gasteiger partial charge in [-0.25, -0.2) is 0 Å². The van der Waals surface area contributed by atoms with Gasteiger partial charge in [-0.1, -0.05) is 24.8 Å². The Morgan fingerprint density at radius 2 is 2.20 bits per heavy atom. The van der Waals surface area contributed by atoms with Crippen molar-refractivity contribution < 1.29 is 5.11 Å². The number of rotatable bonds is 2. The van der Waals surface area contributed by atoms with Crippen LogP contribution < -0.4 is 0 Å². The second-order valence-corrected chi connectivity index (χ2v) is 5.41. The zero-order valence-corrected chi connectivity index (χ0v) is 10.1. The summed E-state index contributed by atoms with van der Waals surface area (Å²) in [6.07, 6.45) is 3.04. The van der Waals surface area contributed by atoms with Crippen molar-refractivity contribution >= 4 is 11.5 Å². The van der Waals surface area contributed by atoms with Gasteiger partial charge >= 0.3 is 0 Å². The first kappa shape index (κ1) is 11.0. The van der Waals surface area contributed by atoms with E-state index in [-0.39, 0.29) is 0 Å². The molecule has 3 nitrogen and oxygen atoms in total. The van der Waals surface area contributed by atoms with Crippen LogP contribution in [0.3, 0.4) is 0 Å². The zero-order chi connectivity index (χ0) is 10.8. The fourth-order valence-corrected chi connectivity index (χ4v) is 2.90. The minimum Gasteiger partial charge on any atom is -0.386 e. The van der Waals surface area contributed by atoms with Gasteiger partial charge in [-0.05, 0) is 42.1 Å². The topological polar surface area (TPSA) is 46.0 Å². The average Bonchev–Trinajstić information content (AvgIpc) is 2.74. The van der Waals surface area contributed by atoms with Crippen LogP contribution in [0.25, 0.3) is 0 Å². The summed E-state index contributed by atoms with van der Waals surface area (Å²) < 4.78 is 3.80. The van der Waals surface area contributed by atoms with Crippen LogP contribution in [-0.4, -0.2) is 14.7 Å². The first-order chi connectivity index (χ1) is 7.18. The van der Waals surface area contributed by atoms with Crippen LogP contribution >= 0.6 is 11.5 Å². The molecular weight excluding hydrogens is 208 g/mol. The Morgan fingerprint density at radius 3 is 2.80 bits per heavy atom. The van der Waals surface area contributed by atoms with Crippen molar-refractivity contribution in [2.45, 2.75) is 39.2 Å². The molecule has 4 unspecified atom stereocenters. The molecule has 1 aromatic heterocycles. The molecule has 84 valence electrons. The molecule has 0 amide bonds. The summed E-state index contributed by atoms with van der Waals surface area (Å²) >= 11 is 1.31. The highest BCUT2D eigenvalue weighted by Gasteiger charge is 2.30. The summed E-state index contributed by atoms with van der Waals surface area (Å²) in [5, 5.41) is 16.0. The largest absolute Gasteiger partial charge is 0.386 e. The number of aliphatic hydroxyl groups excluding tert-OH is 1. The lowest BCUT2D eigenvalue weighted by Gasteiger charge is -2.33. The summed E-state index contributed by atoms with van der Waals surface area (Å²) in [5.41, 5.74) is 0.756. The van der Waals surface area contributed by atoms with E-state index in [1.54, 1.807) is 0 Å². The number of hydrogen-bond acceptors (Lipinski definition) is 4. The molecule has 1 saturated carbocycles. The van der Waals surface area contributed by atoms with E-state index in [4.69, 9.17) is 0 Å². The molecule has 0 radical (unpaired) electrons. The smallest absolute Gasteiger partial charge is 0.104 e. The van der Waals surface area contributed by atoms with Crippen molar-refractivity contribution in [3.63, 3.8) is 0 Å². The highest BCUT2D eigenvalue weighted by molar-refractivity contribution is 7.03. The van der Waals surface area contributed by atoms with E-state index in [9.17, 15) is 5.11 Å². The van der Waals surface area contributed by atoms with Gasteiger partial charge < -0.3 is 5.11 Å². The molecule has 1 aromatic rings. The van der Waals surface area contributed by atoms with Crippen LogP contribution in [-0.2, 0) is 0 Å². The molecule has 2 rings (SSSR count). The third-order valence-electron chi connectivity index (χ3n) is 3.77. The Labute approximate surface area is 94.7 Å². The van der Waals surface area contributed by atoms with Gasteiger partial charge in [0.15, 0.2) is 0 Å². The molecule has 4 atom stereocenters. The lowest BCUT2D eigenvalue weighted by molar-refractivity contribution is 0.0531. The Balaban J connectivity index is 2.00. The molecule has 1 aliphatic rings. The van der Waals surface area contributed by atoms with Crippen molar-refractivity contribution in [2.75, 3.05) is 0 Å². The van der Waals surface area contributed by atoms with Crippen LogP contribution in [0.5, 0.6) is 0 Å². The van der Waals surface area contributed by atoms with E-state index in [1.807, 2.05) is 5.38 Å². The van der Waals surface area contributed by atoms with Crippen molar-refractivity contribution in [2.24, 2.45) is 17.8 Å². The van der Waals surface area contributed by atoms with Crippen molar-refractivity contribution in [1.29, 1.82) is 0 Å². The molecule has 0 saturated heterocycles. The first-order valence-corrected chi connectivity index (χ1v) is 6.47. The molecule has 4 heteroatoms. The minimum absolute atomic E-state index is 0.375. The van der Waals surface area contributed by atoms with E-state index in [0.717, 1.165) is 24.5 Å². The van der Waals surface area contributed by atoms with Gasteiger partial charge in [0.05, 0.1) is 0 Å². The predicted molar refractivity (Wildman–Crippen MR) is 60.5 cm³/mol. The molecule has 1 heterocycles. The molecule has 0 aromatic carbocycles. The van der Waals surface area contributed by atoms with Crippen molar-refractivity contribution in [1.82, 2.24) is 9.59 Å². The zero-order valence-electron chi connectivity index (χ0n) is 9.26. The van der Waals surface area contributed by atoms with E-state index < -0.39 is 6.10 Å². The molecule has 0 spiro atoms. The lowest BCUT2D eigenvalue weighted by atomic mass is 9.73. The van der Waals surface area contributed by atoms with Crippen molar-refractivity contribution in [3.05, 3.63) is 11.1 Å². The van der Waals surface area contributed by atoms with Crippen LogP contribution in [0, 0.1) is 17.8 Å². The third kappa shape index (κ3) is 2.37. The van der Waals surface area contributed by atoms with Crippen LogP contribution in [0.4, 0.5) is 0 Å². The van der Waals surface area contributed by atoms with Gasteiger partial charge in [-0.2, -0.15) is 0 Å². The fraction of sp³-hybridized carbons (Fsp3) is 0.818. The summed E-state index contributed by atoms with van der Waals surface area (Å²) in [6, 6.07) is 0. The molecule has 0 aliphatic heterocycles. The predicted octanol–water partition coefficient (Wildman–Crippen LogP) is 2.64. The van der Waals surface area contributed by atoms with Gasteiger partial charge in [0, 0.05) is 5.38 Å². The maximum absolute atomic E-state index is 10.1. The van der Waals surface area contributed by atoms with Gasteiger partial charge in [0.25, 0.3) is 0 Å². The van der Waals surface area contributed by atoms with Gasteiger partial charge in [0.1, 0.15) is 11.8 Å². The van der Waals surface area contributed by atoms with E-state index >= 15 is 0 Å². The normalized spacial score (nSPS) is 33.9. The Kier molecular flexibility index (Phi) is 3.36.